The van der Waals surface area contributed by atoms with Crippen LogP contribution >= 0.6 is 0 Å². The molecule has 1 saturated heterocycles. The van der Waals surface area contributed by atoms with Crippen molar-refractivity contribution >= 4 is 17.8 Å². The number of carbonyl (C=O) groups excluding carboxylic acids is 2. The summed E-state index contributed by atoms with van der Waals surface area (Å²) in [6.45, 7) is 1.24. The lowest BCUT2D eigenvalue weighted by Gasteiger charge is -2.26. The Morgan fingerprint density at radius 2 is 2.11 bits per heavy atom. The molecule has 0 aromatic heterocycles. The molecule has 2 amide bonds. The van der Waals surface area contributed by atoms with Crippen LogP contribution in [-0.4, -0.2) is 64.2 Å². The highest BCUT2D eigenvalue weighted by Gasteiger charge is 2.36. The Bertz CT molecular complexity index is 373. The number of hydrogen-bond donors (Lipinski definition) is 4. The van der Waals surface area contributed by atoms with Gasteiger partial charge in [0, 0.05) is 6.54 Å². The number of aliphatic hydroxyl groups excluding tert-OH is 1. The van der Waals surface area contributed by atoms with Crippen molar-refractivity contribution < 1.29 is 24.6 Å². The van der Waals surface area contributed by atoms with Gasteiger partial charge in [0.15, 0.2) is 0 Å². The summed E-state index contributed by atoms with van der Waals surface area (Å²) in [5.74, 6) is -2.15. The van der Waals surface area contributed by atoms with E-state index < -0.39 is 42.5 Å². The highest BCUT2D eigenvalue weighted by atomic mass is 16.4. The molecule has 0 aliphatic carbocycles. The van der Waals surface area contributed by atoms with E-state index in [-0.39, 0.29) is 0 Å². The van der Waals surface area contributed by atoms with Crippen molar-refractivity contribution in [1.29, 1.82) is 0 Å². The molecule has 108 valence electrons. The van der Waals surface area contributed by atoms with Gasteiger partial charge in [0.2, 0.25) is 11.8 Å². The van der Waals surface area contributed by atoms with Gasteiger partial charge in [-0.05, 0) is 19.8 Å². The van der Waals surface area contributed by atoms with Crippen LogP contribution in [0.5, 0.6) is 0 Å². The average Bonchev–Trinajstić information content (AvgIpc) is 2.85. The second kappa shape index (κ2) is 6.48. The Hall–Kier alpha value is -1.67. The first-order valence-corrected chi connectivity index (χ1v) is 6.08. The van der Waals surface area contributed by atoms with Crippen molar-refractivity contribution in [3.8, 4) is 0 Å². The van der Waals surface area contributed by atoms with E-state index in [1.54, 1.807) is 0 Å². The fraction of sp³-hybridized carbons (Fsp3) is 0.727. The second-order valence-electron chi connectivity index (χ2n) is 4.55. The number of nitrogens with one attached hydrogen (secondary N) is 1. The van der Waals surface area contributed by atoms with Crippen LogP contribution in [0, 0.1) is 0 Å². The third kappa shape index (κ3) is 3.65. The van der Waals surface area contributed by atoms with Crippen LogP contribution < -0.4 is 11.1 Å². The minimum atomic E-state index is -1.14. The Balaban J connectivity index is 2.68. The van der Waals surface area contributed by atoms with Gasteiger partial charge in [-0.3, -0.25) is 14.4 Å². The molecule has 1 aliphatic rings. The van der Waals surface area contributed by atoms with Crippen LogP contribution in [0.2, 0.25) is 0 Å². The molecule has 1 heterocycles. The maximum absolute atomic E-state index is 11.9. The van der Waals surface area contributed by atoms with Crippen LogP contribution in [0.15, 0.2) is 0 Å². The van der Waals surface area contributed by atoms with Crippen LogP contribution in [0.1, 0.15) is 19.8 Å². The van der Waals surface area contributed by atoms with Gasteiger partial charge in [-0.15, -0.1) is 0 Å². The van der Waals surface area contributed by atoms with E-state index in [9.17, 15) is 14.4 Å². The Labute approximate surface area is 110 Å². The summed E-state index contributed by atoms with van der Waals surface area (Å²) in [4.78, 5) is 35.7. The van der Waals surface area contributed by atoms with E-state index in [1.165, 1.54) is 11.8 Å². The summed E-state index contributed by atoms with van der Waals surface area (Å²) in [5.41, 5.74) is 5.44. The number of nitrogens with zero attached hydrogens (tertiary/aromatic N) is 1. The van der Waals surface area contributed by atoms with Gasteiger partial charge in [-0.1, -0.05) is 0 Å². The largest absolute Gasteiger partial charge is 0.480 e. The standard InChI is InChI=1S/C11H19N3O5/c1-6(11(18)19)13-9(16)8-3-2-4-14(8)10(17)7(12)5-15/h6-8,15H,2-5,12H2,1H3,(H,13,16)(H,18,19)/t6-,7-,8-/m0/s1. The quantitative estimate of drug-likeness (QED) is 0.453. The van der Waals surface area contributed by atoms with E-state index in [4.69, 9.17) is 15.9 Å². The van der Waals surface area contributed by atoms with Crippen molar-refractivity contribution in [2.45, 2.75) is 37.9 Å². The minimum absolute atomic E-state index is 0.381. The number of rotatable bonds is 5. The second-order valence-corrected chi connectivity index (χ2v) is 4.55. The first kappa shape index (κ1) is 15.4. The SMILES string of the molecule is C[C@H](NC(=O)[C@@H]1CCCN1C(=O)[C@@H](N)CO)C(=O)O. The smallest absolute Gasteiger partial charge is 0.325 e. The first-order chi connectivity index (χ1) is 8.88. The number of carboxylic acid groups (broad SMARTS) is 1. The van der Waals surface area contributed by atoms with Crippen molar-refractivity contribution in [3.63, 3.8) is 0 Å². The number of carboxylic acids is 1. The Morgan fingerprint density at radius 3 is 2.63 bits per heavy atom. The lowest BCUT2D eigenvalue weighted by molar-refractivity contribution is -0.143. The zero-order valence-corrected chi connectivity index (χ0v) is 10.7. The Kier molecular flexibility index (Phi) is 5.25. The molecule has 0 unspecified atom stereocenters. The van der Waals surface area contributed by atoms with Crippen LogP contribution in [0.25, 0.3) is 0 Å². The molecule has 1 aliphatic heterocycles. The number of likely N-dealkylation sites (tertiary alicyclic amines) is 1. The molecule has 19 heavy (non-hydrogen) atoms. The molecule has 1 rings (SSSR count). The number of aliphatic hydroxyl groups is 1. The molecule has 0 aromatic rings. The molecule has 8 heteroatoms. The molecule has 5 N–H and O–H groups in total. The van der Waals surface area contributed by atoms with E-state index in [1.807, 2.05) is 0 Å². The summed E-state index contributed by atoms with van der Waals surface area (Å²) in [7, 11) is 0. The molecule has 0 radical (unpaired) electrons. The van der Waals surface area contributed by atoms with Crippen molar-refractivity contribution in [1.82, 2.24) is 10.2 Å². The first-order valence-electron chi connectivity index (χ1n) is 6.08. The third-order valence-electron chi connectivity index (χ3n) is 3.08. The molecule has 0 spiro atoms. The zero-order valence-electron chi connectivity index (χ0n) is 10.7. The summed E-state index contributed by atoms with van der Waals surface area (Å²) >= 11 is 0. The molecule has 0 bridgehead atoms. The molecular formula is C11H19N3O5. The van der Waals surface area contributed by atoms with Gasteiger partial charge >= 0.3 is 5.97 Å². The van der Waals surface area contributed by atoms with Gasteiger partial charge in [0.25, 0.3) is 0 Å². The molecule has 1 fully saturated rings. The molecule has 8 nitrogen and oxygen atoms in total. The van der Waals surface area contributed by atoms with Gasteiger partial charge in [0.1, 0.15) is 18.1 Å². The number of carbonyl (C=O) groups is 3. The maximum atomic E-state index is 11.9. The van der Waals surface area contributed by atoms with Gasteiger partial charge in [-0.2, -0.15) is 0 Å². The van der Waals surface area contributed by atoms with Crippen molar-refractivity contribution in [2.24, 2.45) is 5.73 Å². The normalized spacial score (nSPS) is 21.8. The van der Waals surface area contributed by atoms with E-state index in [0.29, 0.717) is 19.4 Å². The van der Waals surface area contributed by atoms with Crippen LogP contribution in [0.4, 0.5) is 0 Å². The number of aliphatic carboxylic acids is 1. The van der Waals surface area contributed by atoms with Gasteiger partial charge in [0.05, 0.1) is 6.61 Å². The topological polar surface area (TPSA) is 133 Å². The third-order valence-corrected chi connectivity index (χ3v) is 3.08. The Morgan fingerprint density at radius 1 is 1.47 bits per heavy atom. The van der Waals surface area contributed by atoms with E-state index >= 15 is 0 Å². The summed E-state index contributed by atoms with van der Waals surface area (Å²) in [6, 6.07) is -2.78. The van der Waals surface area contributed by atoms with Gasteiger partial charge < -0.3 is 26.2 Å². The number of amides is 2. The van der Waals surface area contributed by atoms with Crippen LogP contribution in [0.3, 0.4) is 0 Å². The average molecular weight is 273 g/mol. The fourth-order valence-corrected chi connectivity index (χ4v) is 1.97. The van der Waals surface area contributed by atoms with Crippen molar-refractivity contribution in [2.75, 3.05) is 13.2 Å². The predicted molar refractivity (Wildman–Crippen MR) is 65.0 cm³/mol. The summed E-state index contributed by atoms with van der Waals surface area (Å²) in [5, 5.41) is 19.9. The maximum Gasteiger partial charge on any atom is 0.325 e. The lowest BCUT2D eigenvalue weighted by atomic mass is 10.1. The summed E-state index contributed by atoms with van der Waals surface area (Å²) < 4.78 is 0. The minimum Gasteiger partial charge on any atom is -0.480 e. The predicted octanol–water partition coefficient (Wildman–Crippen LogP) is -2.11. The zero-order chi connectivity index (χ0) is 14.6. The highest BCUT2D eigenvalue weighted by molar-refractivity contribution is 5.92. The molecular weight excluding hydrogens is 254 g/mol. The fourth-order valence-electron chi connectivity index (χ4n) is 1.97. The molecule has 0 aromatic carbocycles. The lowest BCUT2D eigenvalue weighted by Crippen LogP contribution is -2.54. The van der Waals surface area contributed by atoms with Crippen LogP contribution in [-0.2, 0) is 14.4 Å². The number of nitrogens with two attached hydrogens (primary N) is 1. The molecule has 3 atom stereocenters. The number of hydrogen-bond acceptors (Lipinski definition) is 5. The highest BCUT2D eigenvalue weighted by Crippen LogP contribution is 2.18. The monoisotopic (exact) mass is 273 g/mol. The van der Waals surface area contributed by atoms with Gasteiger partial charge in [-0.25, -0.2) is 0 Å². The van der Waals surface area contributed by atoms with E-state index in [0.717, 1.165) is 0 Å². The summed E-state index contributed by atoms with van der Waals surface area (Å²) in [6.07, 6.45) is 1.10. The van der Waals surface area contributed by atoms with Crippen molar-refractivity contribution in [3.05, 3.63) is 0 Å². The van der Waals surface area contributed by atoms with E-state index in [2.05, 4.69) is 5.32 Å². The molecule has 0 saturated carbocycles.